The molecule has 1 unspecified atom stereocenters. The summed E-state index contributed by atoms with van der Waals surface area (Å²) < 4.78 is 5.22. The molecule has 0 bridgehead atoms. The Morgan fingerprint density at radius 2 is 1.83 bits per heavy atom. The van der Waals surface area contributed by atoms with E-state index >= 15 is 0 Å². The van der Waals surface area contributed by atoms with E-state index in [2.05, 4.69) is 11.1 Å². The van der Waals surface area contributed by atoms with Gasteiger partial charge in [0.1, 0.15) is 0 Å². The van der Waals surface area contributed by atoms with Crippen molar-refractivity contribution in [1.82, 2.24) is 0 Å². The number of rotatable bonds is 2. The van der Waals surface area contributed by atoms with E-state index in [1.807, 2.05) is 51.1 Å². The van der Waals surface area contributed by atoms with E-state index in [0.29, 0.717) is 5.69 Å². The van der Waals surface area contributed by atoms with Crippen molar-refractivity contribution in [3.8, 4) is 11.1 Å². The van der Waals surface area contributed by atoms with Crippen molar-refractivity contribution < 1.29 is 14.9 Å². The van der Waals surface area contributed by atoms with Crippen molar-refractivity contribution >= 4 is 11.8 Å². The number of aliphatic hydroxyl groups is 1. The Kier molecular flexibility index (Phi) is 3.86. The Morgan fingerprint density at radius 1 is 1.13 bits per heavy atom. The van der Waals surface area contributed by atoms with Crippen LogP contribution in [0.4, 0.5) is 5.69 Å². The zero-order valence-electron chi connectivity index (χ0n) is 13.5. The van der Waals surface area contributed by atoms with Gasteiger partial charge in [0.25, 0.3) is 0 Å². The Hall–Kier alpha value is -2.33. The summed E-state index contributed by atoms with van der Waals surface area (Å²) in [5.74, 6) is -0.0741. The van der Waals surface area contributed by atoms with Gasteiger partial charge in [0.05, 0.1) is 12.3 Å². The third-order valence-corrected chi connectivity index (χ3v) is 3.83. The van der Waals surface area contributed by atoms with Gasteiger partial charge in [-0.1, -0.05) is 51.1 Å². The van der Waals surface area contributed by atoms with E-state index in [9.17, 15) is 10.2 Å². The van der Waals surface area contributed by atoms with Gasteiger partial charge in [-0.2, -0.15) is 0 Å². The zero-order valence-corrected chi connectivity index (χ0v) is 13.5. The van der Waals surface area contributed by atoms with Crippen LogP contribution >= 0.6 is 0 Å². The van der Waals surface area contributed by atoms with Crippen LogP contribution in [0.25, 0.3) is 11.1 Å². The number of aliphatic hydroxyl groups excluding tert-OH is 1. The highest BCUT2D eigenvalue weighted by Crippen LogP contribution is 2.45. The van der Waals surface area contributed by atoms with Crippen LogP contribution < -0.4 is 5.11 Å². The second-order valence-corrected chi connectivity index (χ2v) is 6.69. The van der Waals surface area contributed by atoms with Gasteiger partial charge in [-0.15, -0.1) is 0 Å². The maximum absolute atomic E-state index is 11.9. The quantitative estimate of drug-likeness (QED) is 0.685. The molecule has 0 aromatic heterocycles. The van der Waals surface area contributed by atoms with Gasteiger partial charge >= 0.3 is 0 Å². The minimum absolute atomic E-state index is 0.0277. The Labute approximate surface area is 136 Å². The smallest absolute Gasteiger partial charge is 0.151 e. The van der Waals surface area contributed by atoms with Gasteiger partial charge in [0.15, 0.2) is 6.08 Å². The lowest BCUT2D eigenvalue weighted by Crippen LogP contribution is -2.31. The minimum atomic E-state index is -0.603. The summed E-state index contributed by atoms with van der Waals surface area (Å²) >= 11 is 0. The number of nitrogens with zero attached hydrogens (tertiary/aromatic N) is 1. The fourth-order valence-electron chi connectivity index (χ4n) is 2.95. The monoisotopic (exact) mass is 310 g/mol. The highest BCUT2D eigenvalue weighted by molar-refractivity contribution is 5.81. The Balaban J connectivity index is 1.98. The molecule has 0 radical (unpaired) electrons. The number of ether oxygens (including phenoxy) is 1. The summed E-state index contributed by atoms with van der Waals surface area (Å²) in [6, 6.07) is 13.7. The highest BCUT2D eigenvalue weighted by atomic mass is 16.6. The molecule has 0 aliphatic heterocycles. The SMILES string of the molecule is CC(C)(C)OC([O-])=Nc1ccc2c(c1)C(CO)c1ccccc1-2. The van der Waals surface area contributed by atoms with Gasteiger partial charge in [-0.3, -0.25) is 0 Å². The molecule has 0 amide bonds. The van der Waals surface area contributed by atoms with Crippen molar-refractivity contribution in [1.29, 1.82) is 0 Å². The molecule has 1 atom stereocenters. The molecule has 4 nitrogen and oxygen atoms in total. The molecule has 0 saturated carbocycles. The maximum atomic E-state index is 11.9. The van der Waals surface area contributed by atoms with Gasteiger partial charge in [0, 0.05) is 11.5 Å². The number of hydrogen-bond acceptors (Lipinski definition) is 4. The number of fused-ring (bicyclic) bond motifs is 3. The molecular weight excluding hydrogens is 290 g/mol. The van der Waals surface area contributed by atoms with E-state index in [-0.39, 0.29) is 12.5 Å². The minimum Gasteiger partial charge on any atom is -0.594 e. The van der Waals surface area contributed by atoms with Crippen LogP contribution in [0.1, 0.15) is 37.8 Å². The topological polar surface area (TPSA) is 64.9 Å². The van der Waals surface area contributed by atoms with Gasteiger partial charge in [-0.25, -0.2) is 4.99 Å². The number of hydrogen-bond donors (Lipinski definition) is 1. The van der Waals surface area contributed by atoms with Crippen molar-refractivity contribution in [2.45, 2.75) is 32.3 Å². The molecule has 0 spiro atoms. The molecule has 0 saturated heterocycles. The van der Waals surface area contributed by atoms with Crippen LogP contribution in [-0.2, 0) is 4.74 Å². The van der Waals surface area contributed by atoms with Crippen LogP contribution in [-0.4, -0.2) is 23.4 Å². The lowest BCUT2D eigenvalue weighted by atomic mass is 9.98. The van der Waals surface area contributed by atoms with Gasteiger partial charge in [-0.05, 0) is 34.4 Å². The third-order valence-electron chi connectivity index (χ3n) is 3.83. The summed E-state index contributed by atoms with van der Waals surface area (Å²) in [5, 5.41) is 21.6. The van der Waals surface area contributed by atoms with Gasteiger partial charge < -0.3 is 14.9 Å². The second kappa shape index (κ2) is 5.70. The summed E-state index contributed by atoms with van der Waals surface area (Å²) in [6.45, 7) is 5.45. The van der Waals surface area contributed by atoms with Crippen molar-refractivity contribution in [2.24, 2.45) is 4.99 Å². The first-order chi connectivity index (χ1) is 10.9. The first kappa shape index (κ1) is 15.6. The Morgan fingerprint density at radius 3 is 2.52 bits per heavy atom. The highest BCUT2D eigenvalue weighted by Gasteiger charge is 2.27. The van der Waals surface area contributed by atoms with Crippen LogP contribution in [0.2, 0.25) is 0 Å². The lowest BCUT2D eigenvalue weighted by molar-refractivity contribution is -0.259. The summed E-state index contributed by atoms with van der Waals surface area (Å²) in [5.41, 5.74) is 4.30. The molecule has 2 aromatic rings. The van der Waals surface area contributed by atoms with E-state index in [4.69, 9.17) is 4.74 Å². The Bertz CT molecular complexity index is 759. The summed E-state index contributed by atoms with van der Waals surface area (Å²) in [7, 11) is 0. The fraction of sp³-hybridized carbons (Fsp3) is 0.316. The summed E-state index contributed by atoms with van der Waals surface area (Å²) in [6.07, 6.45) is -0.603. The average Bonchev–Trinajstić information content (AvgIpc) is 2.78. The molecule has 0 fully saturated rings. The normalized spacial score (nSPS) is 16.9. The average molecular weight is 310 g/mol. The van der Waals surface area contributed by atoms with Gasteiger partial charge in [0.2, 0.25) is 0 Å². The zero-order chi connectivity index (χ0) is 16.6. The van der Waals surface area contributed by atoms with Crippen molar-refractivity contribution in [2.75, 3.05) is 6.61 Å². The van der Waals surface area contributed by atoms with Crippen LogP contribution in [0.15, 0.2) is 47.5 Å². The molecular formula is C19H20NO3-. The third kappa shape index (κ3) is 3.08. The molecule has 3 rings (SSSR count). The molecule has 1 aliphatic carbocycles. The maximum Gasteiger partial charge on any atom is 0.151 e. The molecule has 1 aliphatic rings. The van der Waals surface area contributed by atoms with Crippen LogP contribution in [0.5, 0.6) is 0 Å². The molecule has 1 N–H and O–H groups in total. The first-order valence-corrected chi connectivity index (χ1v) is 7.68. The van der Waals surface area contributed by atoms with E-state index in [1.165, 1.54) is 0 Å². The standard InChI is InChI=1S/C19H21NO3/c1-19(2,3)23-18(22)20-12-8-9-15-13-6-4-5-7-14(13)17(11-21)16(15)10-12/h4-10,17,21H,11H2,1-3H3,(H,20,22)/p-1. The molecule has 2 aromatic carbocycles. The van der Waals surface area contributed by atoms with Crippen molar-refractivity contribution in [3.63, 3.8) is 0 Å². The van der Waals surface area contributed by atoms with Crippen molar-refractivity contribution in [3.05, 3.63) is 53.6 Å². The lowest BCUT2D eigenvalue weighted by Gasteiger charge is -2.29. The van der Waals surface area contributed by atoms with E-state index < -0.39 is 11.7 Å². The predicted octanol–water partition coefficient (Wildman–Crippen LogP) is 2.95. The fourth-order valence-corrected chi connectivity index (χ4v) is 2.95. The van der Waals surface area contributed by atoms with E-state index in [0.717, 1.165) is 22.3 Å². The molecule has 23 heavy (non-hydrogen) atoms. The van der Waals surface area contributed by atoms with Crippen LogP contribution in [0, 0.1) is 0 Å². The largest absolute Gasteiger partial charge is 0.594 e. The van der Waals surface area contributed by atoms with Crippen LogP contribution in [0.3, 0.4) is 0 Å². The predicted molar refractivity (Wildman–Crippen MR) is 88.7 cm³/mol. The second-order valence-electron chi connectivity index (χ2n) is 6.69. The summed E-state index contributed by atoms with van der Waals surface area (Å²) in [4.78, 5) is 4.01. The molecule has 0 heterocycles. The van der Waals surface area contributed by atoms with E-state index in [1.54, 1.807) is 6.07 Å². The number of aliphatic imine (C=N–C) groups is 1. The first-order valence-electron chi connectivity index (χ1n) is 7.68. The molecule has 4 heteroatoms. The molecule has 120 valence electrons. The number of benzene rings is 2.